The molecule has 1 aromatic rings. The first kappa shape index (κ1) is 19.6. The first-order valence-corrected chi connectivity index (χ1v) is 5.75. The quantitative estimate of drug-likeness (QED) is 0.330. The van der Waals surface area contributed by atoms with Crippen molar-refractivity contribution in [2.75, 3.05) is 5.32 Å². The van der Waals surface area contributed by atoms with Gasteiger partial charge in [0, 0.05) is 5.69 Å². The molecule has 0 spiro atoms. The zero-order valence-electron chi connectivity index (χ0n) is 9.39. The van der Waals surface area contributed by atoms with E-state index in [1.165, 1.54) is 24.3 Å². The van der Waals surface area contributed by atoms with Crippen molar-refractivity contribution in [1.29, 1.82) is 0 Å². The minimum Gasteiger partial charge on any atom is -0.807 e. The van der Waals surface area contributed by atoms with Gasteiger partial charge in [0.05, 0.1) is 4.99 Å². The first-order chi connectivity index (χ1) is 6.39. The fourth-order valence-corrected chi connectivity index (χ4v) is 1.56. The molecular weight excluding hydrogens is 267 g/mol. The number of benzene rings is 1. The molecule has 0 unspecified atom stereocenters. The molecule has 1 aromatic carbocycles. The van der Waals surface area contributed by atoms with Crippen LogP contribution >= 0.6 is 19.8 Å². The Morgan fingerprint density at radius 2 is 1.69 bits per heavy atom. The Bertz CT molecular complexity index is 393. The third-order valence-corrected chi connectivity index (χ3v) is 2.54. The molecule has 0 aliphatic carbocycles. The van der Waals surface area contributed by atoms with Crippen LogP contribution < -0.4 is 79.5 Å². The van der Waals surface area contributed by atoms with E-state index in [0.29, 0.717) is 10.7 Å². The van der Waals surface area contributed by atoms with Crippen LogP contribution in [0.25, 0.3) is 0 Å². The van der Waals surface area contributed by atoms with Crippen molar-refractivity contribution >= 4 is 35.8 Å². The van der Waals surface area contributed by atoms with Crippen molar-refractivity contribution in [2.24, 2.45) is 0 Å². The van der Waals surface area contributed by atoms with E-state index in [1.54, 1.807) is 6.92 Å². The number of hydrogen-bond donors (Lipinski definition) is 1. The molecule has 0 fully saturated rings. The molecule has 0 bridgehead atoms. The summed E-state index contributed by atoms with van der Waals surface area (Å²) in [4.78, 5) is 21.8. The normalized spacial score (nSPS) is 9.69. The average Bonchev–Trinajstić information content (AvgIpc) is 2.02. The van der Waals surface area contributed by atoms with Crippen LogP contribution in [-0.2, 0) is 4.57 Å². The minimum atomic E-state index is -4.63. The summed E-state index contributed by atoms with van der Waals surface area (Å²) in [5, 5.41) is 2.60. The molecule has 0 aromatic heterocycles. The summed E-state index contributed by atoms with van der Waals surface area (Å²) in [6, 6.07) is 5.49. The molecule has 16 heavy (non-hydrogen) atoms. The molecule has 0 saturated heterocycles. The zero-order valence-corrected chi connectivity index (χ0v) is 15.1. The van der Waals surface area contributed by atoms with E-state index in [0.717, 1.165) is 0 Å². The van der Waals surface area contributed by atoms with E-state index in [-0.39, 0.29) is 64.4 Å². The molecule has 4 nitrogen and oxygen atoms in total. The Hall–Kier alpha value is 1.26. The standard InChI is InChI=1S/C8H10NO3PS.2Na/c1-6(14)9-7-2-4-8(5-3-7)13(10,11)12;;/h2-5H,1H3,(H,9,14)(H2,10,11,12);;/q;2*+1/p-2. The molecule has 0 amide bonds. The summed E-state index contributed by atoms with van der Waals surface area (Å²) in [5.74, 6) is 0. The molecule has 0 aliphatic heterocycles. The second kappa shape index (κ2) is 8.38. The largest absolute Gasteiger partial charge is 1.00 e. The maximum atomic E-state index is 10.6. The Morgan fingerprint density at radius 1 is 1.25 bits per heavy atom. The molecule has 0 aliphatic rings. The van der Waals surface area contributed by atoms with Crippen LogP contribution in [0.3, 0.4) is 0 Å². The SMILES string of the molecule is CC(=S)Nc1ccc(P(=O)([O-])[O-])cc1.[Na+].[Na+]. The molecule has 1 N–H and O–H groups in total. The third-order valence-electron chi connectivity index (χ3n) is 1.50. The van der Waals surface area contributed by atoms with E-state index in [1.807, 2.05) is 0 Å². The van der Waals surface area contributed by atoms with Gasteiger partial charge in [0.2, 0.25) is 0 Å². The molecule has 76 valence electrons. The van der Waals surface area contributed by atoms with E-state index in [4.69, 9.17) is 12.2 Å². The van der Waals surface area contributed by atoms with Gasteiger partial charge in [0.25, 0.3) is 0 Å². The summed E-state index contributed by atoms with van der Waals surface area (Å²) in [6.45, 7) is 1.70. The maximum Gasteiger partial charge on any atom is 1.00 e. The summed E-state index contributed by atoms with van der Waals surface area (Å²) < 4.78 is 10.6. The fraction of sp³-hybridized carbons (Fsp3) is 0.125. The Kier molecular flexibility index (Phi) is 10.3. The van der Waals surface area contributed by atoms with Gasteiger partial charge in [-0.3, -0.25) is 0 Å². The zero-order chi connectivity index (χ0) is 10.8. The summed E-state index contributed by atoms with van der Waals surface area (Å²) in [5.41, 5.74) is 0.662. The second-order valence-corrected chi connectivity index (χ2v) is 4.85. The maximum absolute atomic E-state index is 10.6. The number of nitrogens with one attached hydrogen (secondary N) is 1. The number of thiocarbonyl (C=S) groups is 1. The van der Waals surface area contributed by atoms with Gasteiger partial charge in [-0.05, 0) is 32.0 Å². The van der Waals surface area contributed by atoms with Gasteiger partial charge in [-0.1, -0.05) is 24.4 Å². The number of rotatable bonds is 2. The summed E-state index contributed by atoms with van der Waals surface area (Å²) >= 11 is 4.79. The van der Waals surface area contributed by atoms with Crippen molar-refractivity contribution in [2.45, 2.75) is 6.92 Å². The Balaban J connectivity index is 0. The van der Waals surface area contributed by atoms with Gasteiger partial charge in [-0.15, -0.1) is 0 Å². The van der Waals surface area contributed by atoms with Gasteiger partial charge in [0.15, 0.2) is 0 Å². The van der Waals surface area contributed by atoms with Crippen LogP contribution in [0.1, 0.15) is 6.92 Å². The third kappa shape index (κ3) is 6.87. The Morgan fingerprint density at radius 3 is 2.00 bits per heavy atom. The Labute approximate surface area is 144 Å². The average molecular weight is 275 g/mol. The van der Waals surface area contributed by atoms with Crippen molar-refractivity contribution in [3.8, 4) is 0 Å². The van der Waals surface area contributed by atoms with Crippen LogP contribution in [0, 0.1) is 0 Å². The summed E-state index contributed by atoms with van der Waals surface area (Å²) in [6.07, 6.45) is 0. The van der Waals surface area contributed by atoms with Gasteiger partial charge < -0.3 is 19.7 Å². The van der Waals surface area contributed by atoms with Crippen molar-refractivity contribution in [3.63, 3.8) is 0 Å². The van der Waals surface area contributed by atoms with Gasteiger partial charge in [-0.2, -0.15) is 0 Å². The van der Waals surface area contributed by atoms with Crippen LogP contribution in [0.4, 0.5) is 5.69 Å². The number of hydrogen-bond acceptors (Lipinski definition) is 4. The van der Waals surface area contributed by atoms with Crippen LogP contribution in [-0.4, -0.2) is 4.99 Å². The molecule has 0 atom stereocenters. The van der Waals surface area contributed by atoms with E-state index in [2.05, 4.69) is 5.32 Å². The van der Waals surface area contributed by atoms with E-state index in [9.17, 15) is 14.4 Å². The summed E-state index contributed by atoms with van der Waals surface area (Å²) in [7, 11) is -4.63. The fourth-order valence-electron chi connectivity index (χ4n) is 0.931. The topological polar surface area (TPSA) is 75.2 Å². The van der Waals surface area contributed by atoms with Crippen molar-refractivity contribution in [1.82, 2.24) is 0 Å². The molecule has 8 heteroatoms. The first-order valence-electron chi connectivity index (χ1n) is 3.80. The van der Waals surface area contributed by atoms with Crippen LogP contribution in [0.15, 0.2) is 24.3 Å². The molecule has 0 heterocycles. The molecule has 0 saturated carbocycles. The predicted octanol–water partition coefficient (Wildman–Crippen LogP) is -6.01. The smallest absolute Gasteiger partial charge is 0.807 e. The van der Waals surface area contributed by atoms with Crippen LogP contribution in [0.2, 0.25) is 0 Å². The minimum absolute atomic E-state index is 0. The van der Waals surface area contributed by atoms with E-state index < -0.39 is 7.60 Å². The number of anilines is 1. The van der Waals surface area contributed by atoms with Gasteiger partial charge in [-0.25, -0.2) is 0 Å². The monoisotopic (exact) mass is 275 g/mol. The molecular formula is C8H8NNa2O3PS. The van der Waals surface area contributed by atoms with Crippen molar-refractivity contribution in [3.05, 3.63) is 24.3 Å². The van der Waals surface area contributed by atoms with Gasteiger partial charge >= 0.3 is 59.1 Å². The van der Waals surface area contributed by atoms with Gasteiger partial charge in [0.1, 0.15) is 0 Å². The predicted molar refractivity (Wildman–Crippen MR) is 55.6 cm³/mol. The second-order valence-electron chi connectivity index (χ2n) is 2.73. The molecule has 0 radical (unpaired) electrons. The van der Waals surface area contributed by atoms with Crippen LogP contribution in [0.5, 0.6) is 0 Å². The molecule has 1 rings (SSSR count). The van der Waals surface area contributed by atoms with E-state index >= 15 is 0 Å². The van der Waals surface area contributed by atoms with Crippen molar-refractivity contribution < 1.29 is 73.5 Å².